The number of carboxylic acid groups (broad SMARTS) is 1. The van der Waals surface area contributed by atoms with E-state index in [0.29, 0.717) is 19.5 Å². The minimum Gasteiger partial charge on any atom is -0.480 e. The first-order chi connectivity index (χ1) is 9.89. The van der Waals surface area contributed by atoms with E-state index in [2.05, 4.69) is 0 Å². The molecule has 21 heavy (non-hydrogen) atoms. The second kappa shape index (κ2) is 6.24. The molecule has 1 atom stereocenters. The third kappa shape index (κ3) is 4.03. The number of carbonyl (C=O) groups excluding carboxylic acids is 1. The van der Waals surface area contributed by atoms with Crippen molar-refractivity contribution in [2.24, 2.45) is 5.73 Å². The third-order valence-corrected chi connectivity index (χ3v) is 3.52. The van der Waals surface area contributed by atoms with Gasteiger partial charge in [0.1, 0.15) is 12.2 Å². The van der Waals surface area contributed by atoms with Crippen LogP contribution in [0.1, 0.15) is 12.5 Å². The minimum atomic E-state index is -1.01. The normalized spacial score (nSPS) is 17.9. The molecule has 0 aliphatic carbocycles. The standard InChI is InChI=1S/C15H20N2O4/c1-15(21-8-13(18)19)9-17(10-15)14(20)12(16)7-11-5-3-2-4-6-11/h2-6,12H,7-10,16H2,1H3,(H,18,19). The first-order valence-corrected chi connectivity index (χ1v) is 6.84. The van der Waals surface area contributed by atoms with E-state index >= 15 is 0 Å². The maximum atomic E-state index is 12.2. The molecule has 1 aliphatic rings. The lowest BCUT2D eigenvalue weighted by atomic mass is 9.94. The number of hydrogen-bond donors (Lipinski definition) is 2. The van der Waals surface area contributed by atoms with Crippen molar-refractivity contribution < 1.29 is 19.4 Å². The number of rotatable bonds is 6. The molecule has 6 heteroatoms. The molecule has 0 saturated carbocycles. The molecule has 3 N–H and O–H groups in total. The van der Waals surface area contributed by atoms with Gasteiger partial charge in [-0.15, -0.1) is 0 Å². The Morgan fingerprint density at radius 1 is 1.38 bits per heavy atom. The van der Waals surface area contributed by atoms with E-state index < -0.39 is 17.6 Å². The van der Waals surface area contributed by atoms with E-state index in [4.69, 9.17) is 15.6 Å². The van der Waals surface area contributed by atoms with Crippen molar-refractivity contribution in [2.45, 2.75) is 25.0 Å². The van der Waals surface area contributed by atoms with E-state index in [0.717, 1.165) is 5.56 Å². The van der Waals surface area contributed by atoms with Crippen molar-refractivity contribution in [3.05, 3.63) is 35.9 Å². The summed E-state index contributed by atoms with van der Waals surface area (Å²) in [7, 11) is 0. The number of carbonyl (C=O) groups is 2. The van der Waals surface area contributed by atoms with Crippen molar-refractivity contribution in [3.8, 4) is 0 Å². The summed E-state index contributed by atoms with van der Waals surface area (Å²) in [6.07, 6.45) is 0.489. The SMILES string of the molecule is CC1(OCC(=O)O)CN(C(=O)C(N)Cc2ccccc2)C1. The lowest BCUT2D eigenvalue weighted by Crippen LogP contribution is -2.66. The summed E-state index contributed by atoms with van der Waals surface area (Å²) < 4.78 is 5.27. The number of hydrogen-bond acceptors (Lipinski definition) is 4. The van der Waals surface area contributed by atoms with Gasteiger partial charge in [0.2, 0.25) is 5.91 Å². The lowest BCUT2D eigenvalue weighted by Gasteiger charge is -2.48. The summed E-state index contributed by atoms with van der Waals surface area (Å²) in [5.74, 6) is -1.14. The van der Waals surface area contributed by atoms with Gasteiger partial charge < -0.3 is 20.5 Å². The average Bonchev–Trinajstić information content (AvgIpc) is 2.42. The van der Waals surface area contributed by atoms with Crippen molar-refractivity contribution in [1.29, 1.82) is 0 Å². The van der Waals surface area contributed by atoms with Crippen LogP contribution in [-0.2, 0) is 20.7 Å². The molecular formula is C15H20N2O4. The smallest absolute Gasteiger partial charge is 0.329 e. The molecule has 1 unspecified atom stereocenters. The highest BCUT2D eigenvalue weighted by Crippen LogP contribution is 2.25. The molecule has 1 aromatic rings. The molecule has 1 aromatic carbocycles. The second-order valence-electron chi connectivity index (χ2n) is 5.62. The molecule has 6 nitrogen and oxygen atoms in total. The zero-order chi connectivity index (χ0) is 15.5. The van der Waals surface area contributed by atoms with Gasteiger partial charge >= 0.3 is 5.97 Å². The summed E-state index contributed by atoms with van der Waals surface area (Å²) in [5, 5.41) is 8.60. The summed E-state index contributed by atoms with van der Waals surface area (Å²) in [4.78, 5) is 24.3. The number of nitrogens with two attached hydrogens (primary N) is 1. The molecule has 2 rings (SSSR count). The van der Waals surface area contributed by atoms with Crippen molar-refractivity contribution in [1.82, 2.24) is 4.90 Å². The van der Waals surface area contributed by atoms with Crippen LogP contribution in [0.15, 0.2) is 30.3 Å². The summed E-state index contributed by atoms with van der Waals surface area (Å²) in [6.45, 7) is 2.19. The number of ether oxygens (including phenoxy) is 1. The quantitative estimate of drug-likeness (QED) is 0.784. The Bertz CT molecular complexity index is 512. The Hall–Kier alpha value is -1.92. The van der Waals surface area contributed by atoms with Gasteiger partial charge in [-0.25, -0.2) is 4.79 Å². The zero-order valence-corrected chi connectivity index (χ0v) is 12.0. The molecule has 1 aliphatic heterocycles. The van der Waals surface area contributed by atoms with Crippen LogP contribution >= 0.6 is 0 Å². The zero-order valence-electron chi connectivity index (χ0n) is 12.0. The van der Waals surface area contributed by atoms with E-state index in [1.807, 2.05) is 30.3 Å². The Morgan fingerprint density at radius 2 is 2.00 bits per heavy atom. The van der Waals surface area contributed by atoms with Gasteiger partial charge in [-0.2, -0.15) is 0 Å². The lowest BCUT2D eigenvalue weighted by molar-refractivity contribution is -0.174. The Kier molecular flexibility index (Phi) is 4.59. The fourth-order valence-corrected chi connectivity index (χ4v) is 2.43. The Morgan fingerprint density at radius 3 is 2.57 bits per heavy atom. The molecule has 0 radical (unpaired) electrons. The molecule has 1 saturated heterocycles. The van der Waals surface area contributed by atoms with Crippen LogP contribution in [0.5, 0.6) is 0 Å². The first-order valence-electron chi connectivity index (χ1n) is 6.84. The largest absolute Gasteiger partial charge is 0.480 e. The minimum absolute atomic E-state index is 0.129. The van der Waals surface area contributed by atoms with Crippen molar-refractivity contribution in [3.63, 3.8) is 0 Å². The molecular weight excluding hydrogens is 272 g/mol. The number of benzene rings is 1. The van der Waals surface area contributed by atoms with E-state index in [9.17, 15) is 9.59 Å². The number of likely N-dealkylation sites (tertiary alicyclic amines) is 1. The molecule has 0 spiro atoms. The fourth-order valence-electron chi connectivity index (χ4n) is 2.43. The van der Waals surface area contributed by atoms with Crippen molar-refractivity contribution >= 4 is 11.9 Å². The van der Waals surface area contributed by atoms with Gasteiger partial charge in [0.25, 0.3) is 0 Å². The Balaban J connectivity index is 1.81. The number of carboxylic acids is 1. The molecule has 1 fully saturated rings. The number of aliphatic carboxylic acids is 1. The summed E-state index contributed by atoms with van der Waals surface area (Å²) in [5.41, 5.74) is 6.38. The van der Waals surface area contributed by atoms with Crippen LogP contribution < -0.4 is 5.73 Å². The summed E-state index contributed by atoms with van der Waals surface area (Å²) >= 11 is 0. The monoisotopic (exact) mass is 292 g/mol. The maximum absolute atomic E-state index is 12.2. The summed E-state index contributed by atoms with van der Waals surface area (Å²) in [6, 6.07) is 9.01. The predicted octanol–water partition coefficient (Wildman–Crippen LogP) is 0.259. The Labute approximate surface area is 123 Å². The van der Waals surface area contributed by atoms with E-state index in [1.54, 1.807) is 11.8 Å². The van der Waals surface area contributed by atoms with Gasteiger partial charge in [-0.05, 0) is 18.9 Å². The maximum Gasteiger partial charge on any atom is 0.329 e. The fraction of sp³-hybridized carbons (Fsp3) is 0.467. The van der Waals surface area contributed by atoms with Crippen LogP contribution in [-0.4, -0.2) is 53.2 Å². The predicted molar refractivity (Wildman–Crippen MR) is 76.7 cm³/mol. The highest BCUT2D eigenvalue weighted by Gasteiger charge is 2.43. The molecule has 0 aromatic heterocycles. The highest BCUT2D eigenvalue weighted by molar-refractivity contribution is 5.83. The highest BCUT2D eigenvalue weighted by atomic mass is 16.5. The molecule has 1 heterocycles. The van der Waals surface area contributed by atoms with Crippen LogP contribution in [0.3, 0.4) is 0 Å². The van der Waals surface area contributed by atoms with Gasteiger partial charge in [0.15, 0.2) is 0 Å². The topological polar surface area (TPSA) is 92.9 Å². The number of amides is 1. The van der Waals surface area contributed by atoms with Crippen LogP contribution in [0.4, 0.5) is 0 Å². The van der Waals surface area contributed by atoms with E-state index in [-0.39, 0.29) is 12.5 Å². The second-order valence-corrected chi connectivity index (χ2v) is 5.62. The van der Waals surface area contributed by atoms with Gasteiger partial charge in [-0.1, -0.05) is 30.3 Å². The first kappa shape index (κ1) is 15.5. The van der Waals surface area contributed by atoms with Crippen molar-refractivity contribution in [2.75, 3.05) is 19.7 Å². The molecule has 0 bridgehead atoms. The average molecular weight is 292 g/mol. The molecule has 114 valence electrons. The van der Waals surface area contributed by atoms with E-state index in [1.165, 1.54) is 0 Å². The van der Waals surface area contributed by atoms with Gasteiger partial charge in [0.05, 0.1) is 19.1 Å². The van der Waals surface area contributed by atoms with Crippen LogP contribution in [0, 0.1) is 0 Å². The van der Waals surface area contributed by atoms with Gasteiger partial charge in [-0.3, -0.25) is 4.79 Å². The number of nitrogens with zero attached hydrogens (tertiary/aromatic N) is 1. The van der Waals surface area contributed by atoms with Gasteiger partial charge in [0, 0.05) is 0 Å². The van der Waals surface area contributed by atoms with Crippen LogP contribution in [0.2, 0.25) is 0 Å². The van der Waals surface area contributed by atoms with Crippen LogP contribution in [0.25, 0.3) is 0 Å². The third-order valence-electron chi connectivity index (χ3n) is 3.52. The molecule has 1 amide bonds.